The van der Waals surface area contributed by atoms with Gasteiger partial charge < -0.3 is 39.7 Å². The van der Waals surface area contributed by atoms with Gasteiger partial charge in [-0.2, -0.15) is 0 Å². The van der Waals surface area contributed by atoms with Crippen LogP contribution in [0.5, 0.6) is 0 Å². The molecule has 8 atom stereocenters. The molecular weight excluding hydrogens is 336 g/mol. The lowest BCUT2D eigenvalue weighted by molar-refractivity contribution is -0.339. The molecule has 2 heterocycles. The van der Waals surface area contributed by atoms with Crippen molar-refractivity contribution in [3.8, 4) is 0 Å². The zero-order valence-electron chi connectivity index (χ0n) is 13.4. The Morgan fingerprint density at radius 2 is 1.96 bits per heavy atom. The summed E-state index contributed by atoms with van der Waals surface area (Å²) in [4.78, 5) is 11.3. The molecule has 3 rings (SSSR count). The summed E-state index contributed by atoms with van der Waals surface area (Å²) in [5.41, 5.74) is 0.906. The van der Waals surface area contributed by atoms with Gasteiger partial charge in [-0.15, -0.1) is 0 Å². The fourth-order valence-corrected chi connectivity index (χ4v) is 3.65. The molecule has 0 aromatic heterocycles. The van der Waals surface area contributed by atoms with Gasteiger partial charge in [0.1, 0.15) is 24.4 Å². The molecule has 2 aliphatic heterocycles. The van der Waals surface area contributed by atoms with E-state index >= 15 is 0 Å². The highest BCUT2D eigenvalue weighted by atomic mass is 16.8. The van der Waals surface area contributed by atoms with Gasteiger partial charge >= 0.3 is 5.97 Å². The van der Waals surface area contributed by atoms with Gasteiger partial charge in [0.05, 0.1) is 18.4 Å². The van der Waals surface area contributed by atoms with Crippen molar-refractivity contribution in [2.45, 2.75) is 49.8 Å². The maximum atomic E-state index is 11.3. The molecular formula is C16H22O9. The van der Waals surface area contributed by atoms with Gasteiger partial charge in [0.25, 0.3) is 0 Å². The molecule has 5 N–H and O–H groups in total. The van der Waals surface area contributed by atoms with Crippen LogP contribution < -0.4 is 0 Å². The van der Waals surface area contributed by atoms with Gasteiger partial charge in [0.15, 0.2) is 6.29 Å². The van der Waals surface area contributed by atoms with E-state index in [1.165, 1.54) is 0 Å². The zero-order chi connectivity index (χ0) is 18.3. The lowest BCUT2D eigenvalue weighted by Crippen LogP contribution is -2.60. The van der Waals surface area contributed by atoms with E-state index in [1.54, 1.807) is 0 Å². The predicted molar refractivity (Wildman–Crippen MR) is 80.8 cm³/mol. The summed E-state index contributed by atoms with van der Waals surface area (Å²) in [6.07, 6.45) is -5.67. The zero-order valence-corrected chi connectivity index (χ0v) is 13.4. The van der Waals surface area contributed by atoms with Crippen LogP contribution in [0.15, 0.2) is 24.0 Å². The summed E-state index contributed by atoms with van der Waals surface area (Å²) in [5, 5.41) is 48.2. The SMILES string of the molecule is C=C1CCC2C(C(=O)O)=COC(O[C@@H]3O[C@H](CO)[C@@H](O)[C@H](O)[C@H]3O)C12. The van der Waals surface area contributed by atoms with E-state index in [-0.39, 0.29) is 11.5 Å². The predicted octanol–water partition coefficient (Wildman–Crippen LogP) is -1.29. The third-order valence-electron chi connectivity index (χ3n) is 5.07. The Balaban J connectivity index is 1.78. The smallest absolute Gasteiger partial charge is 0.334 e. The molecule has 2 fully saturated rings. The number of rotatable bonds is 4. The summed E-state index contributed by atoms with van der Waals surface area (Å²) in [6.45, 7) is 3.37. The normalized spacial score (nSPS) is 44.0. The molecule has 1 saturated carbocycles. The first kappa shape index (κ1) is 18.3. The highest BCUT2D eigenvalue weighted by Crippen LogP contribution is 2.46. The minimum atomic E-state index is -1.56. The average Bonchev–Trinajstić information content (AvgIpc) is 2.97. The number of aliphatic carboxylic acids is 1. The van der Waals surface area contributed by atoms with E-state index < -0.39 is 55.5 Å². The highest BCUT2D eigenvalue weighted by molar-refractivity contribution is 5.87. The standard InChI is InChI=1S/C16H22O9/c1-6-2-3-7-8(14(21)22)5-23-15(10(6)7)25-16-13(20)12(19)11(18)9(4-17)24-16/h5,7,9-13,15-20H,1-4H2,(H,21,22)/t7?,9-,10?,11-,12+,13-,15?,16+/m1/s1. The van der Waals surface area contributed by atoms with Crippen LogP contribution in [0.1, 0.15) is 12.8 Å². The molecule has 0 aromatic carbocycles. The van der Waals surface area contributed by atoms with E-state index in [4.69, 9.17) is 14.2 Å². The molecule has 0 radical (unpaired) electrons. The van der Waals surface area contributed by atoms with Gasteiger partial charge in [0.2, 0.25) is 6.29 Å². The molecule has 1 aliphatic carbocycles. The molecule has 3 unspecified atom stereocenters. The van der Waals surface area contributed by atoms with Crippen molar-refractivity contribution in [1.82, 2.24) is 0 Å². The Morgan fingerprint density at radius 3 is 2.60 bits per heavy atom. The summed E-state index contributed by atoms with van der Waals surface area (Å²) >= 11 is 0. The van der Waals surface area contributed by atoms with Crippen molar-refractivity contribution < 1.29 is 44.5 Å². The maximum Gasteiger partial charge on any atom is 0.334 e. The van der Waals surface area contributed by atoms with Crippen LogP contribution in [0.25, 0.3) is 0 Å². The summed E-state index contributed by atoms with van der Waals surface area (Å²) in [6, 6.07) is 0. The Labute approximate surface area is 143 Å². The van der Waals surface area contributed by atoms with Crippen LogP contribution in [0.2, 0.25) is 0 Å². The number of aliphatic hydroxyl groups excluding tert-OH is 4. The number of ether oxygens (including phenoxy) is 3. The first-order chi connectivity index (χ1) is 11.8. The van der Waals surface area contributed by atoms with Crippen LogP contribution >= 0.6 is 0 Å². The Kier molecular flexibility index (Phi) is 5.14. The second kappa shape index (κ2) is 7.02. The van der Waals surface area contributed by atoms with Crippen LogP contribution in [0, 0.1) is 11.8 Å². The van der Waals surface area contributed by atoms with Crippen molar-refractivity contribution in [3.05, 3.63) is 24.0 Å². The molecule has 0 spiro atoms. The average molecular weight is 358 g/mol. The quantitative estimate of drug-likeness (QED) is 0.387. The number of carboxylic acid groups (broad SMARTS) is 1. The van der Waals surface area contributed by atoms with Crippen molar-refractivity contribution >= 4 is 5.97 Å². The molecule has 1 saturated heterocycles. The minimum Gasteiger partial charge on any atom is -0.478 e. The molecule has 25 heavy (non-hydrogen) atoms. The largest absolute Gasteiger partial charge is 0.478 e. The molecule has 0 aromatic rings. The Bertz CT molecular complexity index is 572. The number of carboxylic acids is 1. The van der Waals surface area contributed by atoms with E-state index in [2.05, 4.69) is 6.58 Å². The van der Waals surface area contributed by atoms with Gasteiger partial charge in [0, 0.05) is 11.8 Å². The van der Waals surface area contributed by atoms with Gasteiger partial charge in [-0.25, -0.2) is 4.79 Å². The third-order valence-corrected chi connectivity index (χ3v) is 5.07. The Morgan fingerprint density at radius 1 is 1.24 bits per heavy atom. The van der Waals surface area contributed by atoms with E-state index in [0.29, 0.717) is 12.8 Å². The molecule has 3 aliphatic rings. The summed E-state index contributed by atoms with van der Waals surface area (Å²) in [7, 11) is 0. The first-order valence-electron chi connectivity index (χ1n) is 8.07. The molecule has 0 bridgehead atoms. The van der Waals surface area contributed by atoms with Crippen LogP contribution in [-0.2, 0) is 19.0 Å². The minimum absolute atomic E-state index is 0.136. The van der Waals surface area contributed by atoms with Crippen LogP contribution in [0.4, 0.5) is 0 Å². The molecule has 9 nitrogen and oxygen atoms in total. The Hall–Kier alpha value is -1.49. The van der Waals surface area contributed by atoms with Crippen molar-refractivity contribution in [3.63, 3.8) is 0 Å². The fourth-order valence-electron chi connectivity index (χ4n) is 3.65. The van der Waals surface area contributed by atoms with Crippen molar-refractivity contribution in [2.24, 2.45) is 11.8 Å². The number of hydrogen-bond donors (Lipinski definition) is 5. The molecule has 0 amide bonds. The molecule has 9 heteroatoms. The van der Waals surface area contributed by atoms with E-state index in [0.717, 1.165) is 11.8 Å². The van der Waals surface area contributed by atoms with Gasteiger partial charge in [-0.1, -0.05) is 12.2 Å². The van der Waals surface area contributed by atoms with Gasteiger partial charge in [-0.05, 0) is 12.8 Å². The fraction of sp³-hybridized carbons (Fsp3) is 0.688. The van der Waals surface area contributed by atoms with Crippen LogP contribution in [0.3, 0.4) is 0 Å². The van der Waals surface area contributed by atoms with E-state index in [1.807, 2.05) is 0 Å². The highest BCUT2D eigenvalue weighted by Gasteiger charge is 2.49. The maximum absolute atomic E-state index is 11.3. The lowest BCUT2D eigenvalue weighted by Gasteiger charge is -2.42. The van der Waals surface area contributed by atoms with Crippen molar-refractivity contribution in [1.29, 1.82) is 0 Å². The molecule has 140 valence electrons. The van der Waals surface area contributed by atoms with Crippen molar-refractivity contribution in [2.75, 3.05) is 6.61 Å². The second-order valence-corrected chi connectivity index (χ2v) is 6.55. The number of carbonyl (C=O) groups is 1. The topological polar surface area (TPSA) is 146 Å². The monoisotopic (exact) mass is 358 g/mol. The third kappa shape index (κ3) is 3.19. The number of fused-ring (bicyclic) bond motifs is 1. The number of hydrogen-bond acceptors (Lipinski definition) is 8. The van der Waals surface area contributed by atoms with Gasteiger partial charge in [-0.3, -0.25) is 0 Å². The lowest BCUT2D eigenvalue weighted by atomic mass is 9.85. The number of aliphatic hydroxyl groups is 4. The first-order valence-corrected chi connectivity index (χ1v) is 8.07. The summed E-state index contributed by atoms with van der Waals surface area (Å²) in [5.74, 6) is -1.83. The second-order valence-electron chi connectivity index (χ2n) is 6.55. The van der Waals surface area contributed by atoms with E-state index in [9.17, 15) is 30.3 Å². The summed E-state index contributed by atoms with van der Waals surface area (Å²) < 4.78 is 16.3. The van der Waals surface area contributed by atoms with Crippen LogP contribution in [-0.4, -0.2) is 75.1 Å².